The standard InChI is InChI=1S/C11H7BrN2OS/c1-2-6-16-11-14-13-10(15-11)8-4-3-5-9(12)7-8/h1,3-5,7H,6H2. The summed E-state index contributed by atoms with van der Waals surface area (Å²) in [6, 6.07) is 7.68. The van der Waals surface area contributed by atoms with Crippen molar-refractivity contribution in [2.45, 2.75) is 5.22 Å². The van der Waals surface area contributed by atoms with Gasteiger partial charge in [0.25, 0.3) is 5.22 Å². The van der Waals surface area contributed by atoms with Gasteiger partial charge in [-0.15, -0.1) is 16.6 Å². The molecule has 2 rings (SSSR count). The van der Waals surface area contributed by atoms with Crippen molar-refractivity contribution in [2.75, 3.05) is 5.75 Å². The minimum absolute atomic E-state index is 0.493. The highest BCUT2D eigenvalue weighted by molar-refractivity contribution is 9.10. The summed E-state index contributed by atoms with van der Waals surface area (Å²) in [5, 5.41) is 8.34. The van der Waals surface area contributed by atoms with E-state index in [4.69, 9.17) is 10.8 Å². The molecule has 0 spiro atoms. The summed E-state index contributed by atoms with van der Waals surface area (Å²) < 4.78 is 6.42. The molecule has 2 aromatic rings. The third-order valence-electron chi connectivity index (χ3n) is 1.76. The second-order valence-corrected chi connectivity index (χ2v) is 4.72. The molecule has 1 aromatic carbocycles. The lowest BCUT2D eigenvalue weighted by molar-refractivity contribution is 0.466. The Hall–Kier alpha value is -1.25. The van der Waals surface area contributed by atoms with Crippen molar-refractivity contribution in [3.05, 3.63) is 28.7 Å². The van der Waals surface area contributed by atoms with Gasteiger partial charge in [-0.05, 0) is 18.2 Å². The van der Waals surface area contributed by atoms with Gasteiger partial charge in [-0.25, -0.2) is 0 Å². The highest BCUT2D eigenvalue weighted by Crippen LogP contribution is 2.24. The molecule has 0 aliphatic carbocycles. The third-order valence-corrected chi connectivity index (χ3v) is 2.97. The molecule has 0 aliphatic rings. The summed E-state index contributed by atoms with van der Waals surface area (Å²) in [4.78, 5) is 0. The second kappa shape index (κ2) is 5.19. The summed E-state index contributed by atoms with van der Waals surface area (Å²) in [6.07, 6.45) is 5.15. The fourth-order valence-corrected chi connectivity index (χ4v) is 1.95. The lowest BCUT2D eigenvalue weighted by Crippen LogP contribution is -1.76. The Morgan fingerprint density at radius 1 is 1.44 bits per heavy atom. The SMILES string of the molecule is C#CCSc1nnc(-c2cccc(Br)c2)o1. The zero-order valence-electron chi connectivity index (χ0n) is 8.18. The first kappa shape index (κ1) is 11.2. The number of halogens is 1. The van der Waals surface area contributed by atoms with Crippen molar-refractivity contribution in [3.8, 4) is 23.8 Å². The summed E-state index contributed by atoms with van der Waals surface area (Å²) in [5.41, 5.74) is 0.884. The van der Waals surface area contributed by atoms with Crippen LogP contribution in [-0.2, 0) is 0 Å². The van der Waals surface area contributed by atoms with Crippen LogP contribution < -0.4 is 0 Å². The normalized spacial score (nSPS) is 10.0. The van der Waals surface area contributed by atoms with Crippen LogP contribution in [0.3, 0.4) is 0 Å². The van der Waals surface area contributed by atoms with Gasteiger partial charge in [0.15, 0.2) is 0 Å². The van der Waals surface area contributed by atoms with Crippen molar-refractivity contribution < 1.29 is 4.42 Å². The average molecular weight is 295 g/mol. The van der Waals surface area contributed by atoms with E-state index in [2.05, 4.69) is 32.0 Å². The maximum Gasteiger partial charge on any atom is 0.277 e. The second-order valence-electron chi connectivity index (χ2n) is 2.88. The Kier molecular flexibility index (Phi) is 3.65. The molecule has 0 bridgehead atoms. The first-order valence-corrected chi connectivity index (χ1v) is 6.23. The van der Waals surface area contributed by atoms with E-state index in [-0.39, 0.29) is 0 Å². The minimum atomic E-state index is 0.493. The molecule has 1 aromatic heterocycles. The minimum Gasteiger partial charge on any atom is -0.411 e. The van der Waals surface area contributed by atoms with Gasteiger partial charge in [0.2, 0.25) is 5.89 Å². The van der Waals surface area contributed by atoms with Gasteiger partial charge in [-0.2, -0.15) is 0 Å². The molecule has 0 N–H and O–H groups in total. The predicted octanol–water partition coefficient (Wildman–Crippen LogP) is 3.22. The smallest absolute Gasteiger partial charge is 0.277 e. The van der Waals surface area contributed by atoms with E-state index in [0.29, 0.717) is 16.9 Å². The molecule has 0 saturated carbocycles. The topological polar surface area (TPSA) is 38.9 Å². The largest absolute Gasteiger partial charge is 0.411 e. The van der Waals surface area contributed by atoms with E-state index in [0.717, 1.165) is 10.0 Å². The number of hydrogen-bond donors (Lipinski definition) is 0. The predicted molar refractivity (Wildman–Crippen MR) is 67.0 cm³/mol. The van der Waals surface area contributed by atoms with E-state index >= 15 is 0 Å². The van der Waals surface area contributed by atoms with Crippen LogP contribution >= 0.6 is 27.7 Å². The maximum atomic E-state index is 5.45. The van der Waals surface area contributed by atoms with Gasteiger partial charge in [-0.1, -0.05) is 39.7 Å². The number of nitrogens with zero attached hydrogens (tertiary/aromatic N) is 2. The molecule has 0 atom stereocenters. The molecular weight excluding hydrogens is 288 g/mol. The molecule has 0 radical (unpaired) electrons. The van der Waals surface area contributed by atoms with Crippen LogP contribution in [0.4, 0.5) is 0 Å². The van der Waals surface area contributed by atoms with E-state index in [1.807, 2.05) is 24.3 Å². The molecule has 0 saturated heterocycles. The van der Waals surface area contributed by atoms with Crippen molar-refractivity contribution >= 4 is 27.7 Å². The highest BCUT2D eigenvalue weighted by atomic mass is 79.9. The number of thioether (sulfide) groups is 1. The summed E-state index contributed by atoms with van der Waals surface area (Å²) in [6.45, 7) is 0. The molecule has 80 valence electrons. The summed E-state index contributed by atoms with van der Waals surface area (Å²) >= 11 is 4.74. The van der Waals surface area contributed by atoms with Crippen LogP contribution in [0.2, 0.25) is 0 Å². The number of aromatic nitrogens is 2. The first-order valence-electron chi connectivity index (χ1n) is 4.45. The van der Waals surface area contributed by atoms with E-state index in [9.17, 15) is 0 Å². The Morgan fingerprint density at radius 2 is 2.31 bits per heavy atom. The molecule has 5 heteroatoms. The zero-order valence-corrected chi connectivity index (χ0v) is 10.6. The van der Waals surface area contributed by atoms with Gasteiger partial charge in [0, 0.05) is 10.0 Å². The Balaban J connectivity index is 2.22. The molecule has 3 nitrogen and oxygen atoms in total. The quantitative estimate of drug-likeness (QED) is 0.644. The fraction of sp³-hybridized carbons (Fsp3) is 0.0909. The lowest BCUT2D eigenvalue weighted by atomic mass is 10.2. The van der Waals surface area contributed by atoms with Gasteiger partial charge in [-0.3, -0.25) is 0 Å². The van der Waals surface area contributed by atoms with Crippen LogP contribution in [0.5, 0.6) is 0 Å². The number of benzene rings is 1. The van der Waals surface area contributed by atoms with Crippen molar-refractivity contribution in [2.24, 2.45) is 0 Å². The van der Waals surface area contributed by atoms with Gasteiger partial charge < -0.3 is 4.42 Å². The molecule has 0 amide bonds. The molecule has 1 heterocycles. The van der Waals surface area contributed by atoms with Crippen LogP contribution in [-0.4, -0.2) is 16.0 Å². The first-order chi connectivity index (χ1) is 7.79. The van der Waals surface area contributed by atoms with Crippen LogP contribution in [0.1, 0.15) is 0 Å². The summed E-state index contributed by atoms with van der Waals surface area (Å²) in [7, 11) is 0. The van der Waals surface area contributed by atoms with Gasteiger partial charge >= 0.3 is 0 Å². The maximum absolute atomic E-state index is 5.45. The van der Waals surface area contributed by atoms with E-state index in [1.54, 1.807) is 0 Å². The van der Waals surface area contributed by atoms with Crippen LogP contribution in [0, 0.1) is 12.3 Å². The van der Waals surface area contributed by atoms with Gasteiger partial charge in [0.1, 0.15) is 0 Å². The van der Waals surface area contributed by atoms with Crippen molar-refractivity contribution in [1.82, 2.24) is 10.2 Å². The van der Waals surface area contributed by atoms with E-state index < -0.39 is 0 Å². The van der Waals surface area contributed by atoms with E-state index in [1.165, 1.54) is 11.8 Å². The monoisotopic (exact) mass is 294 g/mol. The van der Waals surface area contributed by atoms with Gasteiger partial charge in [0.05, 0.1) is 5.75 Å². The fourth-order valence-electron chi connectivity index (χ4n) is 1.11. The Bertz CT molecular complexity index is 533. The third kappa shape index (κ3) is 2.65. The molecule has 16 heavy (non-hydrogen) atoms. The number of terminal acetylenes is 1. The van der Waals surface area contributed by atoms with Crippen LogP contribution in [0.25, 0.3) is 11.5 Å². The lowest BCUT2D eigenvalue weighted by Gasteiger charge is -1.94. The zero-order chi connectivity index (χ0) is 11.4. The average Bonchev–Trinajstić information content (AvgIpc) is 2.75. The number of rotatable bonds is 3. The van der Waals surface area contributed by atoms with Crippen LogP contribution in [0.15, 0.2) is 38.4 Å². The molecule has 0 fully saturated rings. The number of hydrogen-bond acceptors (Lipinski definition) is 4. The van der Waals surface area contributed by atoms with Crippen molar-refractivity contribution in [1.29, 1.82) is 0 Å². The molecule has 0 unspecified atom stereocenters. The summed E-state index contributed by atoms with van der Waals surface area (Å²) in [5.74, 6) is 3.53. The highest BCUT2D eigenvalue weighted by Gasteiger charge is 2.08. The Morgan fingerprint density at radius 3 is 3.06 bits per heavy atom. The molecule has 0 aliphatic heterocycles. The Labute approximate surface area is 106 Å². The van der Waals surface area contributed by atoms with Crippen molar-refractivity contribution in [3.63, 3.8) is 0 Å². The molecular formula is C11H7BrN2OS.